The fourth-order valence-electron chi connectivity index (χ4n) is 2.91. The minimum Gasteiger partial charge on any atom is -0.451 e. The lowest BCUT2D eigenvalue weighted by molar-refractivity contribution is 0.0510. The maximum atomic E-state index is 12.6. The molecule has 1 aromatic heterocycles. The SMILES string of the molecule is C#CCOC[C@H]1CCCN(C(=O)c2cc3ccccc3o2)C1. The van der Waals surface area contributed by atoms with E-state index in [-0.39, 0.29) is 5.91 Å². The lowest BCUT2D eigenvalue weighted by Crippen LogP contribution is -2.41. The number of amides is 1. The topological polar surface area (TPSA) is 42.7 Å². The fourth-order valence-corrected chi connectivity index (χ4v) is 2.91. The Labute approximate surface area is 130 Å². The molecule has 1 aromatic carbocycles. The third kappa shape index (κ3) is 3.15. The van der Waals surface area contributed by atoms with Gasteiger partial charge in [0.2, 0.25) is 0 Å². The number of hydrogen-bond acceptors (Lipinski definition) is 3. The van der Waals surface area contributed by atoms with Gasteiger partial charge in [-0.15, -0.1) is 6.42 Å². The van der Waals surface area contributed by atoms with Crippen LogP contribution >= 0.6 is 0 Å². The van der Waals surface area contributed by atoms with Crippen molar-refractivity contribution < 1.29 is 13.9 Å². The highest BCUT2D eigenvalue weighted by molar-refractivity contribution is 5.96. The van der Waals surface area contributed by atoms with Crippen molar-refractivity contribution in [2.75, 3.05) is 26.3 Å². The van der Waals surface area contributed by atoms with E-state index in [1.54, 1.807) is 0 Å². The molecule has 1 amide bonds. The second-order valence-corrected chi connectivity index (χ2v) is 5.63. The lowest BCUT2D eigenvalue weighted by atomic mass is 9.99. The molecule has 2 heterocycles. The Bertz CT molecular complexity index is 665. The van der Waals surface area contributed by atoms with Gasteiger partial charge in [0.05, 0.1) is 6.61 Å². The molecular weight excluding hydrogens is 278 g/mol. The minimum absolute atomic E-state index is 0.0437. The van der Waals surface area contributed by atoms with Crippen molar-refractivity contribution in [3.05, 3.63) is 36.1 Å². The summed E-state index contributed by atoms with van der Waals surface area (Å²) in [7, 11) is 0. The highest BCUT2D eigenvalue weighted by Crippen LogP contribution is 2.23. The zero-order chi connectivity index (χ0) is 15.4. The average Bonchev–Trinajstić information content (AvgIpc) is 2.99. The molecule has 1 aliphatic rings. The van der Waals surface area contributed by atoms with Crippen molar-refractivity contribution >= 4 is 16.9 Å². The first-order valence-corrected chi connectivity index (χ1v) is 7.57. The molecule has 3 rings (SSSR count). The number of terminal acetylenes is 1. The van der Waals surface area contributed by atoms with E-state index in [1.807, 2.05) is 35.2 Å². The highest BCUT2D eigenvalue weighted by Gasteiger charge is 2.26. The second kappa shape index (κ2) is 6.67. The maximum absolute atomic E-state index is 12.6. The Hall–Kier alpha value is -2.25. The van der Waals surface area contributed by atoms with Crippen molar-refractivity contribution in [2.45, 2.75) is 12.8 Å². The number of likely N-dealkylation sites (tertiary alicyclic amines) is 1. The number of carbonyl (C=O) groups is 1. The molecule has 2 aromatic rings. The third-order valence-corrected chi connectivity index (χ3v) is 3.98. The van der Waals surface area contributed by atoms with Crippen molar-refractivity contribution in [1.82, 2.24) is 4.90 Å². The summed E-state index contributed by atoms with van der Waals surface area (Å²) in [6.45, 7) is 2.39. The number of carbonyl (C=O) groups excluding carboxylic acids is 1. The van der Waals surface area contributed by atoms with Gasteiger partial charge in [0, 0.05) is 24.4 Å². The zero-order valence-electron chi connectivity index (χ0n) is 12.5. The molecule has 0 radical (unpaired) electrons. The second-order valence-electron chi connectivity index (χ2n) is 5.63. The number of benzene rings is 1. The molecule has 0 saturated carbocycles. The molecule has 1 saturated heterocycles. The van der Waals surface area contributed by atoms with Crippen LogP contribution in [0.15, 0.2) is 34.7 Å². The van der Waals surface area contributed by atoms with E-state index in [9.17, 15) is 4.79 Å². The summed E-state index contributed by atoms with van der Waals surface area (Å²) in [5.41, 5.74) is 0.747. The van der Waals surface area contributed by atoms with Crippen LogP contribution in [0, 0.1) is 18.3 Å². The Morgan fingerprint density at radius 2 is 2.32 bits per heavy atom. The average molecular weight is 297 g/mol. The van der Waals surface area contributed by atoms with Crippen LogP contribution in [-0.4, -0.2) is 37.1 Å². The van der Waals surface area contributed by atoms with Gasteiger partial charge < -0.3 is 14.1 Å². The lowest BCUT2D eigenvalue weighted by Gasteiger charge is -2.31. The zero-order valence-corrected chi connectivity index (χ0v) is 12.5. The molecule has 0 aliphatic carbocycles. The van der Waals surface area contributed by atoms with Gasteiger partial charge in [-0.2, -0.15) is 0 Å². The van der Waals surface area contributed by atoms with E-state index in [2.05, 4.69) is 5.92 Å². The molecule has 0 bridgehead atoms. The van der Waals surface area contributed by atoms with Gasteiger partial charge in [-0.3, -0.25) is 4.79 Å². The Kier molecular flexibility index (Phi) is 4.45. The van der Waals surface area contributed by atoms with Gasteiger partial charge in [0.1, 0.15) is 12.2 Å². The summed E-state index contributed by atoms with van der Waals surface area (Å²) in [5.74, 6) is 3.17. The molecule has 114 valence electrons. The number of nitrogens with zero attached hydrogens (tertiary/aromatic N) is 1. The van der Waals surface area contributed by atoms with E-state index < -0.39 is 0 Å². The van der Waals surface area contributed by atoms with E-state index in [0.29, 0.717) is 31.4 Å². The summed E-state index contributed by atoms with van der Waals surface area (Å²) in [4.78, 5) is 14.5. The molecule has 4 heteroatoms. The summed E-state index contributed by atoms with van der Waals surface area (Å²) in [6, 6.07) is 9.48. The van der Waals surface area contributed by atoms with Crippen molar-refractivity contribution in [3.8, 4) is 12.3 Å². The molecule has 22 heavy (non-hydrogen) atoms. The number of piperidine rings is 1. The van der Waals surface area contributed by atoms with Crippen LogP contribution in [0.5, 0.6) is 0 Å². The van der Waals surface area contributed by atoms with Crippen LogP contribution in [0.2, 0.25) is 0 Å². The summed E-state index contributed by atoms with van der Waals surface area (Å²) >= 11 is 0. The first-order chi connectivity index (χ1) is 10.8. The third-order valence-electron chi connectivity index (χ3n) is 3.98. The summed E-state index contributed by atoms with van der Waals surface area (Å²) in [5, 5.41) is 0.955. The normalized spacial score (nSPS) is 18.3. The Balaban J connectivity index is 1.67. The van der Waals surface area contributed by atoms with Crippen LogP contribution in [0.4, 0.5) is 0 Å². The number of rotatable bonds is 4. The Morgan fingerprint density at radius 1 is 1.45 bits per heavy atom. The van der Waals surface area contributed by atoms with E-state index in [4.69, 9.17) is 15.6 Å². The molecule has 0 N–H and O–H groups in total. The molecular formula is C18H19NO3. The summed E-state index contributed by atoms with van der Waals surface area (Å²) in [6.07, 6.45) is 7.23. The van der Waals surface area contributed by atoms with Crippen LogP contribution in [-0.2, 0) is 4.74 Å². The van der Waals surface area contributed by atoms with Crippen molar-refractivity contribution in [2.24, 2.45) is 5.92 Å². The standard InChI is InChI=1S/C18H19NO3/c1-2-10-21-13-14-6-5-9-19(12-14)18(20)17-11-15-7-3-4-8-16(15)22-17/h1,3-4,7-8,11,14H,5-6,9-10,12-13H2/t14-/m0/s1. The number of hydrogen-bond donors (Lipinski definition) is 0. The van der Waals surface area contributed by atoms with Crippen LogP contribution in [0.25, 0.3) is 11.0 Å². The van der Waals surface area contributed by atoms with E-state index in [0.717, 1.165) is 30.4 Å². The van der Waals surface area contributed by atoms with Gasteiger partial charge in [0.15, 0.2) is 5.76 Å². The number of ether oxygens (including phenoxy) is 1. The van der Waals surface area contributed by atoms with Gasteiger partial charge in [-0.25, -0.2) is 0 Å². The Morgan fingerprint density at radius 3 is 3.14 bits per heavy atom. The monoisotopic (exact) mass is 297 g/mol. The van der Waals surface area contributed by atoms with Gasteiger partial charge in [0.25, 0.3) is 5.91 Å². The summed E-state index contributed by atoms with van der Waals surface area (Å²) < 4.78 is 11.1. The molecule has 0 spiro atoms. The molecule has 1 fully saturated rings. The van der Waals surface area contributed by atoms with E-state index >= 15 is 0 Å². The maximum Gasteiger partial charge on any atom is 0.289 e. The first-order valence-electron chi connectivity index (χ1n) is 7.57. The highest BCUT2D eigenvalue weighted by atomic mass is 16.5. The van der Waals surface area contributed by atoms with Gasteiger partial charge in [-0.05, 0) is 25.0 Å². The smallest absolute Gasteiger partial charge is 0.289 e. The number of para-hydroxylation sites is 1. The van der Waals surface area contributed by atoms with Crippen LogP contribution < -0.4 is 0 Å². The fraction of sp³-hybridized carbons (Fsp3) is 0.389. The largest absolute Gasteiger partial charge is 0.451 e. The van der Waals surface area contributed by atoms with Gasteiger partial charge in [-0.1, -0.05) is 24.1 Å². The molecule has 0 unspecified atom stereocenters. The molecule has 4 nitrogen and oxygen atoms in total. The van der Waals surface area contributed by atoms with Gasteiger partial charge >= 0.3 is 0 Å². The van der Waals surface area contributed by atoms with E-state index in [1.165, 1.54) is 0 Å². The molecule has 1 aliphatic heterocycles. The number of furan rings is 1. The quantitative estimate of drug-likeness (QED) is 0.643. The molecule has 1 atom stereocenters. The van der Waals surface area contributed by atoms with Crippen LogP contribution in [0.3, 0.4) is 0 Å². The van der Waals surface area contributed by atoms with Crippen molar-refractivity contribution in [3.63, 3.8) is 0 Å². The van der Waals surface area contributed by atoms with Crippen molar-refractivity contribution in [1.29, 1.82) is 0 Å². The minimum atomic E-state index is -0.0437. The van der Waals surface area contributed by atoms with Crippen LogP contribution in [0.1, 0.15) is 23.4 Å². The predicted molar refractivity (Wildman–Crippen MR) is 84.5 cm³/mol. The predicted octanol–water partition coefficient (Wildman–Crippen LogP) is 2.93. The number of fused-ring (bicyclic) bond motifs is 1. The first kappa shape index (κ1) is 14.7.